The first kappa shape index (κ1) is 29.0. The molecule has 3 fully saturated rings. The monoisotopic (exact) mass is 717 g/mol. The van der Waals surface area contributed by atoms with Crippen molar-refractivity contribution >= 4 is 64.2 Å². The van der Waals surface area contributed by atoms with Gasteiger partial charge in [-0.15, -0.1) is 0 Å². The third-order valence-electron chi connectivity index (χ3n) is 9.95. The van der Waals surface area contributed by atoms with Crippen molar-refractivity contribution in [1.82, 2.24) is 17.6 Å². The van der Waals surface area contributed by atoms with E-state index in [0.29, 0.717) is 18.1 Å². The van der Waals surface area contributed by atoms with Crippen molar-refractivity contribution in [1.29, 1.82) is 5.26 Å². The van der Waals surface area contributed by atoms with Crippen molar-refractivity contribution in [3.05, 3.63) is 52.6 Å². The zero-order valence-corrected chi connectivity index (χ0v) is 28.1. The standard InChI is InChI=1S/C32H37ClIN5O2S/c1-31(2)25-26(31)30(41)39(29(25)40)15-21-14-24-28(42-21)22(6-9-36-24)23-13-20(33)12-19-7-11-37(27(19)23)17-32(16-35)8-5-10-38(18-32)34(3)4/h6-7,9,11-14,25-26,29-30,40-41H,5,8,10,15,17-18H2,1-4H3. The van der Waals surface area contributed by atoms with Crippen molar-refractivity contribution in [3.8, 4) is 17.2 Å². The van der Waals surface area contributed by atoms with Crippen LogP contribution in [0.5, 0.6) is 0 Å². The number of benzene rings is 1. The van der Waals surface area contributed by atoms with E-state index in [4.69, 9.17) is 11.6 Å². The zero-order chi connectivity index (χ0) is 29.6. The number of aromatic nitrogens is 2. The van der Waals surface area contributed by atoms with Gasteiger partial charge in [-0.25, -0.2) is 4.90 Å². The number of hydrogen-bond donors (Lipinski definition) is 2. The number of alkyl halides is 2. The molecule has 2 N–H and O–H groups in total. The Bertz CT molecular complexity index is 1710. The fourth-order valence-corrected chi connectivity index (χ4v) is 11.7. The van der Waals surface area contributed by atoms with Gasteiger partial charge in [0.05, 0.1) is 0 Å². The summed E-state index contributed by atoms with van der Waals surface area (Å²) in [6.07, 6.45) is 4.63. The number of thiophene rings is 1. The molecule has 5 atom stereocenters. The molecular formula is C32H37ClIN5O2S. The Hall–Kier alpha value is -1.78. The summed E-state index contributed by atoms with van der Waals surface area (Å²) in [6, 6.07) is 13.0. The Labute approximate surface area is 263 Å². The molecule has 2 aliphatic heterocycles. The van der Waals surface area contributed by atoms with E-state index < -0.39 is 38.0 Å². The van der Waals surface area contributed by atoms with Gasteiger partial charge in [0.25, 0.3) is 0 Å². The van der Waals surface area contributed by atoms with Gasteiger partial charge in [0, 0.05) is 11.8 Å². The molecule has 7 rings (SSSR count). The molecule has 10 heteroatoms. The van der Waals surface area contributed by atoms with Gasteiger partial charge in [0.15, 0.2) is 0 Å². The molecule has 0 amide bonds. The summed E-state index contributed by atoms with van der Waals surface area (Å²) in [4.78, 5) is 12.3. The van der Waals surface area contributed by atoms with E-state index in [1.807, 2.05) is 23.2 Å². The average Bonchev–Trinajstić information content (AvgIpc) is 3.30. The van der Waals surface area contributed by atoms with Gasteiger partial charge in [0.2, 0.25) is 0 Å². The summed E-state index contributed by atoms with van der Waals surface area (Å²) >= 11 is 7.17. The number of fused-ring (bicyclic) bond motifs is 3. The molecule has 3 aromatic heterocycles. The number of rotatable bonds is 6. The minimum absolute atomic E-state index is 0.0197. The number of piperidine rings is 2. The Kier molecular flexibility index (Phi) is 7.17. The molecule has 0 radical (unpaired) electrons. The van der Waals surface area contributed by atoms with E-state index in [9.17, 15) is 15.5 Å². The van der Waals surface area contributed by atoms with Crippen molar-refractivity contribution in [3.63, 3.8) is 0 Å². The Balaban J connectivity index is 1.26. The van der Waals surface area contributed by atoms with Gasteiger partial charge in [-0.1, -0.05) is 13.8 Å². The fraction of sp³-hybridized carbons (Fsp3) is 0.500. The number of nitriles is 1. The van der Waals surface area contributed by atoms with Gasteiger partial charge in [-0.3, -0.25) is 0 Å². The molecule has 222 valence electrons. The van der Waals surface area contributed by atoms with Crippen LogP contribution in [0.25, 0.3) is 32.2 Å². The molecule has 7 nitrogen and oxygen atoms in total. The Morgan fingerprint density at radius 3 is 2.62 bits per heavy atom. The van der Waals surface area contributed by atoms with Crippen LogP contribution in [0.1, 0.15) is 31.6 Å². The first-order chi connectivity index (χ1) is 20.0. The third kappa shape index (κ3) is 4.61. The predicted molar refractivity (Wildman–Crippen MR) is 179 cm³/mol. The maximum absolute atomic E-state index is 11.0. The summed E-state index contributed by atoms with van der Waals surface area (Å²) in [5.41, 5.74) is 3.64. The summed E-state index contributed by atoms with van der Waals surface area (Å²) in [5.74, 6) is 0.221. The number of likely N-dealkylation sites (tertiary alicyclic amines) is 1. The molecule has 2 saturated heterocycles. The van der Waals surface area contributed by atoms with Crippen LogP contribution >= 0.6 is 43.0 Å². The fourth-order valence-electron chi connectivity index (χ4n) is 7.67. The topological polar surface area (TPSA) is 88.6 Å². The quantitative estimate of drug-likeness (QED) is 0.133. The van der Waals surface area contributed by atoms with E-state index >= 15 is 0 Å². The predicted octanol–water partition coefficient (Wildman–Crippen LogP) is 6.58. The molecule has 5 heterocycles. The van der Waals surface area contributed by atoms with Crippen molar-refractivity contribution in [2.45, 2.75) is 52.2 Å². The second-order valence-corrected chi connectivity index (χ2v) is 20.1. The average molecular weight is 718 g/mol. The third-order valence-corrected chi connectivity index (χ3v) is 14.9. The van der Waals surface area contributed by atoms with Crippen LogP contribution in [0.15, 0.2) is 42.7 Å². The number of aliphatic hydroxyl groups excluding tert-OH is 2. The first-order valence-electron chi connectivity index (χ1n) is 14.5. The van der Waals surface area contributed by atoms with Crippen molar-refractivity contribution in [2.24, 2.45) is 22.7 Å². The van der Waals surface area contributed by atoms with E-state index in [1.54, 1.807) is 11.3 Å². The number of hydrogen-bond acceptors (Lipinski definition) is 7. The molecule has 1 aliphatic carbocycles. The minimum atomic E-state index is -1.17. The SMILES string of the molecule is CI(C)N1CCCC(C#N)(Cn2ccc3cc(Cl)cc(-c4ccnc5cc(CN6C(O)C7C(C6O)C7(C)C)sc45)c32)C1. The maximum atomic E-state index is 11.0. The van der Waals surface area contributed by atoms with Gasteiger partial charge >= 0.3 is 206 Å². The molecule has 3 aliphatic rings. The molecule has 5 unspecified atom stereocenters. The van der Waals surface area contributed by atoms with Crippen LogP contribution in [0.3, 0.4) is 0 Å². The number of halogens is 2. The molecule has 1 aromatic carbocycles. The second kappa shape index (κ2) is 10.4. The number of nitrogens with zero attached hydrogens (tertiary/aromatic N) is 5. The van der Waals surface area contributed by atoms with Crippen molar-refractivity contribution in [2.75, 3.05) is 23.0 Å². The molecule has 0 bridgehead atoms. The second-order valence-electron chi connectivity index (χ2n) is 13.0. The normalized spacial score (nSPS) is 29.6. The molecule has 1 saturated carbocycles. The molecule has 42 heavy (non-hydrogen) atoms. The first-order valence-corrected chi connectivity index (χ1v) is 20.9. The van der Waals surface area contributed by atoms with E-state index in [2.05, 4.69) is 66.8 Å². The Morgan fingerprint density at radius 2 is 1.90 bits per heavy atom. The summed E-state index contributed by atoms with van der Waals surface area (Å²) in [7, 11) is 0. The van der Waals surface area contributed by atoms with E-state index in [0.717, 1.165) is 63.1 Å². The van der Waals surface area contributed by atoms with Gasteiger partial charge in [-0.2, -0.15) is 0 Å². The van der Waals surface area contributed by atoms with Crippen molar-refractivity contribution < 1.29 is 10.2 Å². The van der Waals surface area contributed by atoms with Crippen LogP contribution in [0.4, 0.5) is 0 Å². The summed E-state index contributed by atoms with van der Waals surface area (Å²) in [5, 5.41) is 34.1. The molecule has 0 spiro atoms. The van der Waals surface area contributed by atoms with Gasteiger partial charge in [0.1, 0.15) is 12.5 Å². The van der Waals surface area contributed by atoms with Gasteiger partial charge < -0.3 is 10.2 Å². The van der Waals surface area contributed by atoms with Gasteiger partial charge in [-0.05, 0) is 5.41 Å². The van der Waals surface area contributed by atoms with E-state index in [1.165, 1.54) is 0 Å². The molecule has 4 aromatic rings. The zero-order valence-electron chi connectivity index (χ0n) is 24.4. The summed E-state index contributed by atoms with van der Waals surface area (Å²) in [6.45, 7) is 7.32. The summed E-state index contributed by atoms with van der Waals surface area (Å²) < 4.78 is 5.91. The molecular weight excluding hydrogens is 681 g/mol. The van der Waals surface area contributed by atoms with Crippen LogP contribution in [-0.2, 0) is 13.1 Å². The van der Waals surface area contributed by atoms with Crippen LogP contribution in [0, 0.1) is 34.0 Å². The Morgan fingerprint density at radius 1 is 1.14 bits per heavy atom. The van der Waals surface area contributed by atoms with Crippen LogP contribution in [0.2, 0.25) is 5.02 Å². The number of pyridine rings is 1. The van der Waals surface area contributed by atoms with E-state index in [-0.39, 0.29) is 17.3 Å². The van der Waals surface area contributed by atoms with Crippen LogP contribution < -0.4 is 0 Å². The number of aliphatic hydroxyl groups is 2. The van der Waals surface area contributed by atoms with Crippen LogP contribution in [-0.4, -0.2) is 63.2 Å².